The molecule has 2 aromatic rings. The lowest BCUT2D eigenvalue weighted by Gasteiger charge is -2.21. The summed E-state index contributed by atoms with van der Waals surface area (Å²) in [5.41, 5.74) is 8.07. The summed E-state index contributed by atoms with van der Waals surface area (Å²) in [5.74, 6) is 9.22. The third-order valence-electron chi connectivity index (χ3n) is 5.61. The predicted molar refractivity (Wildman–Crippen MR) is 133 cm³/mol. The second-order valence-corrected chi connectivity index (χ2v) is 10.6. The van der Waals surface area contributed by atoms with Gasteiger partial charge in [0.25, 0.3) is 11.6 Å². The van der Waals surface area contributed by atoms with Crippen LogP contribution in [0.5, 0.6) is 0 Å². The molecule has 0 aliphatic heterocycles. The van der Waals surface area contributed by atoms with Gasteiger partial charge in [-0.2, -0.15) is 0 Å². The van der Waals surface area contributed by atoms with Crippen LogP contribution in [0, 0.1) is 51.4 Å². The van der Waals surface area contributed by atoms with Gasteiger partial charge >= 0.3 is 0 Å². The van der Waals surface area contributed by atoms with Crippen LogP contribution < -0.4 is 0 Å². The Morgan fingerprint density at radius 2 is 0.812 bits per heavy atom. The van der Waals surface area contributed by atoms with Crippen LogP contribution in [0.2, 0.25) is 0 Å². The number of ketones is 2. The topological polar surface area (TPSA) is 34.1 Å². The summed E-state index contributed by atoms with van der Waals surface area (Å²) in [6, 6.07) is 8.37. The molecule has 2 aromatic carbocycles. The Balaban J connectivity index is 2.29. The molecule has 2 nitrogen and oxygen atoms in total. The number of carbonyl (C=O) groups excluding carboxylic acids is 2. The first kappa shape index (κ1) is 25.2. The number of hydrogen-bond donors (Lipinski definition) is 0. The quantitative estimate of drug-likeness (QED) is 0.410. The van der Waals surface area contributed by atoms with Crippen molar-refractivity contribution in [2.75, 3.05) is 0 Å². The molecule has 0 saturated heterocycles. The minimum atomic E-state index is -0.780. The highest BCUT2D eigenvalue weighted by atomic mass is 16.2. The molecular weight excluding hydrogens is 392 g/mol. The molecule has 0 bridgehead atoms. The van der Waals surface area contributed by atoms with Gasteiger partial charge in [-0.25, -0.2) is 0 Å². The van der Waals surface area contributed by atoms with Gasteiger partial charge in [-0.15, -0.1) is 0 Å². The summed E-state index contributed by atoms with van der Waals surface area (Å²) >= 11 is 0. The van der Waals surface area contributed by atoms with Gasteiger partial charge in [0.1, 0.15) is 0 Å². The van der Waals surface area contributed by atoms with Gasteiger partial charge in [0.05, 0.1) is 0 Å². The highest BCUT2D eigenvalue weighted by Gasteiger charge is 2.17. The van der Waals surface area contributed by atoms with Crippen molar-refractivity contribution in [3.8, 4) is 23.7 Å². The zero-order valence-corrected chi connectivity index (χ0v) is 21.1. The first-order chi connectivity index (χ1) is 14.6. The molecule has 2 heteroatoms. The Hall–Kier alpha value is -3.10. The van der Waals surface area contributed by atoms with Crippen LogP contribution >= 0.6 is 0 Å². The lowest BCUT2D eigenvalue weighted by Crippen LogP contribution is -2.12. The lowest BCUT2D eigenvalue weighted by molar-refractivity contribution is -0.129. The van der Waals surface area contributed by atoms with E-state index in [1.165, 1.54) is 11.1 Å². The van der Waals surface area contributed by atoms with E-state index in [-0.39, 0.29) is 10.8 Å². The van der Waals surface area contributed by atoms with Crippen LogP contribution in [0.1, 0.15) is 86.1 Å². The Morgan fingerprint density at radius 3 is 1.03 bits per heavy atom. The van der Waals surface area contributed by atoms with E-state index in [9.17, 15) is 9.59 Å². The second kappa shape index (κ2) is 9.18. The van der Waals surface area contributed by atoms with E-state index in [2.05, 4.69) is 89.5 Å². The molecule has 0 fully saturated rings. The molecule has 0 aliphatic carbocycles. The molecule has 0 atom stereocenters. The van der Waals surface area contributed by atoms with E-state index in [1.54, 1.807) is 0 Å². The van der Waals surface area contributed by atoms with Gasteiger partial charge in [0.2, 0.25) is 0 Å². The molecule has 0 saturated carbocycles. The van der Waals surface area contributed by atoms with Gasteiger partial charge < -0.3 is 0 Å². The summed E-state index contributed by atoms with van der Waals surface area (Å²) in [6.07, 6.45) is 0. The molecule has 0 heterocycles. The number of aryl methyl sites for hydroxylation is 4. The number of benzene rings is 2. The third-order valence-corrected chi connectivity index (χ3v) is 5.61. The van der Waals surface area contributed by atoms with E-state index in [0.717, 1.165) is 33.4 Å². The third kappa shape index (κ3) is 5.99. The van der Waals surface area contributed by atoms with E-state index in [1.807, 2.05) is 27.7 Å². The first-order valence-electron chi connectivity index (χ1n) is 11.0. The molecule has 0 amide bonds. The molecule has 0 radical (unpaired) electrons. The molecule has 0 unspecified atom stereocenters. The molecule has 0 aromatic heterocycles. The smallest absolute Gasteiger partial charge is 0.275 e. The Kier molecular flexibility index (Phi) is 7.22. The second-order valence-electron chi connectivity index (χ2n) is 10.6. The van der Waals surface area contributed by atoms with Crippen LogP contribution in [0.4, 0.5) is 0 Å². The average molecular weight is 427 g/mol. The van der Waals surface area contributed by atoms with Crippen molar-refractivity contribution < 1.29 is 9.59 Å². The predicted octanol–water partition coefficient (Wildman–Crippen LogP) is 6.06. The van der Waals surface area contributed by atoms with Crippen molar-refractivity contribution in [1.29, 1.82) is 0 Å². The maximum atomic E-state index is 12.3. The number of Topliss-reactive ketones (excluding diaryl/α,β-unsaturated/α-hetero) is 2. The Labute approximate surface area is 193 Å². The number of rotatable bonds is 1. The van der Waals surface area contributed by atoms with Crippen LogP contribution in [0.25, 0.3) is 0 Å². The van der Waals surface area contributed by atoms with Crippen molar-refractivity contribution in [2.45, 2.75) is 80.1 Å². The van der Waals surface area contributed by atoms with E-state index < -0.39 is 11.6 Å². The van der Waals surface area contributed by atoms with Gasteiger partial charge in [-0.05, 0) is 83.7 Å². The van der Waals surface area contributed by atoms with Crippen molar-refractivity contribution in [1.82, 2.24) is 0 Å². The van der Waals surface area contributed by atoms with E-state index in [0.29, 0.717) is 0 Å². The van der Waals surface area contributed by atoms with Crippen molar-refractivity contribution in [2.24, 2.45) is 0 Å². The average Bonchev–Trinajstić information content (AvgIpc) is 2.64. The molecule has 0 N–H and O–H groups in total. The molecule has 166 valence electrons. The van der Waals surface area contributed by atoms with Crippen LogP contribution in [0.15, 0.2) is 24.3 Å². The summed E-state index contributed by atoms with van der Waals surface area (Å²) in [6.45, 7) is 20.9. The summed E-state index contributed by atoms with van der Waals surface area (Å²) in [5, 5.41) is 0. The normalized spacial score (nSPS) is 11.2. The summed E-state index contributed by atoms with van der Waals surface area (Å²) in [7, 11) is 0. The maximum absolute atomic E-state index is 12.3. The molecule has 32 heavy (non-hydrogen) atoms. The summed E-state index contributed by atoms with van der Waals surface area (Å²) < 4.78 is 0. The van der Waals surface area contributed by atoms with Gasteiger partial charge in [-0.3, -0.25) is 9.59 Å². The molecule has 0 spiro atoms. The SMILES string of the molecule is Cc1cc(C(C)(C)C)cc(C)c1C#CC(=O)C(=O)C#Cc1c(C)cc(C(C)(C)C)cc1C. The zero-order valence-electron chi connectivity index (χ0n) is 21.1. The maximum Gasteiger partial charge on any atom is 0.285 e. The Morgan fingerprint density at radius 1 is 0.562 bits per heavy atom. The van der Waals surface area contributed by atoms with Crippen LogP contribution in [0.3, 0.4) is 0 Å². The fraction of sp³-hybridized carbons (Fsp3) is 0.400. The zero-order chi connectivity index (χ0) is 24.4. The molecular formula is C30H34O2. The van der Waals surface area contributed by atoms with E-state index >= 15 is 0 Å². The molecule has 0 aliphatic rings. The monoisotopic (exact) mass is 426 g/mol. The van der Waals surface area contributed by atoms with Gasteiger partial charge in [-0.1, -0.05) is 77.6 Å². The highest BCUT2D eigenvalue weighted by Crippen LogP contribution is 2.27. The Bertz CT molecular complexity index is 1060. The largest absolute Gasteiger partial charge is 0.285 e. The fourth-order valence-electron chi connectivity index (χ4n) is 3.54. The van der Waals surface area contributed by atoms with Crippen LogP contribution in [-0.2, 0) is 20.4 Å². The van der Waals surface area contributed by atoms with Crippen molar-refractivity contribution >= 4 is 11.6 Å². The number of hydrogen-bond acceptors (Lipinski definition) is 2. The van der Waals surface area contributed by atoms with Crippen molar-refractivity contribution in [3.63, 3.8) is 0 Å². The summed E-state index contributed by atoms with van der Waals surface area (Å²) in [4.78, 5) is 24.6. The van der Waals surface area contributed by atoms with Gasteiger partial charge in [0, 0.05) is 11.1 Å². The fourth-order valence-corrected chi connectivity index (χ4v) is 3.54. The molecule has 2 rings (SSSR count). The highest BCUT2D eigenvalue weighted by molar-refractivity contribution is 6.49. The minimum Gasteiger partial charge on any atom is -0.275 e. The standard InChI is InChI=1S/C30H34O2/c1-19-15-23(29(5,6)7)16-20(2)25(19)11-13-27(31)28(32)14-12-26-21(3)17-24(18-22(26)4)30(8,9)10/h15-18H,1-10H3. The lowest BCUT2D eigenvalue weighted by atomic mass is 9.84. The number of carbonyl (C=O) groups is 2. The van der Waals surface area contributed by atoms with Gasteiger partial charge in [0.15, 0.2) is 0 Å². The first-order valence-corrected chi connectivity index (χ1v) is 11.0. The van der Waals surface area contributed by atoms with Crippen molar-refractivity contribution in [3.05, 3.63) is 68.8 Å². The van der Waals surface area contributed by atoms with E-state index in [4.69, 9.17) is 0 Å². The van der Waals surface area contributed by atoms with Crippen LogP contribution in [-0.4, -0.2) is 11.6 Å². The minimum absolute atomic E-state index is 0.0319.